The summed E-state index contributed by atoms with van der Waals surface area (Å²) in [4.78, 5) is 14.1. The molecule has 0 saturated heterocycles. The first-order chi connectivity index (χ1) is 6.60. The number of anilines is 1. The lowest BCUT2D eigenvalue weighted by molar-refractivity contribution is 0.111. The number of nitrogens with zero attached hydrogens (tertiary/aromatic N) is 1. The second kappa shape index (κ2) is 4.32. The van der Waals surface area contributed by atoms with E-state index in [0.717, 1.165) is 6.07 Å². The maximum absolute atomic E-state index is 12.5. The van der Waals surface area contributed by atoms with E-state index in [4.69, 9.17) is 17.3 Å². The maximum Gasteiger partial charge on any atom is 0.264 e. The lowest BCUT2D eigenvalue weighted by Crippen LogP contribution is -2.04. The molecule has 1 aromatic rings. The number of rotatable bonds is 3. The summed E-state index contributed by atoms with van der Waals surface area (Å²) in [7, 11) is 0. The van der Waals surface area contributed by atoms with Crippen molar-refractivity contribution in [1.82, 2.24) is 4.98 Å². The van der Waals surface area contributed by atoms with E-state index < -0.39 is 6.43 Å². The minimum absolute atomic E-state index is 0.0332. The van der Waals surface area contributed by atoms with Crippen LogP contribution in [0.4, 0.5) is 14.6 Å². The molecule has 0 aromatic carbocycles. The van der Waals surface area contributed by atoms with Gasteiger partial charge in [-0.25, -0.2) is 13.8 Å². The standard InChI is InChI=1S/C8H7ClF2N2O/c9-2-5-4(8(10)11)1-7(12)13-6(5)3-14/h1,3,8H,2H2,(H2,12,13). The topological polar surface area (TPSA) is 56.0 Å². The van der Waals surface area contributed by atoms with Gasteiger partial charge in [-0.3, -0.25) is 4.79 Å². The zero-order chi connectivity index (χ0) is 10.7. The van der Waals surface area contributed by atoms with Crippen molar-refractivity contribution in [3.8, 4) is 0 Å². The molecule has 0 spiro atoms. The molecule has 0 unspecified atom stereocenters. The molecule has 0 aliphatic carbocycles. The van der Waals surface area contributed by atoms with Crippen molar-refractivity contribution in [3.63, 3.8) is 0 Å². The van der Waals surface area contributed by atoms with Crippen LogP contribution in [-0.2, 0) is 5.88 Å². The smallest absolute Gasteiger partial charge is 0.264 e. The van der Waals surface area contributed by atoms with Gasteiger partial charge in [-0.05, 0) is 6.07 Å². The van der Waals surface area contributed by atoms with E-state index in [9.17, 15) is 13.6 Å². The second-order valence-electron chi connectivity index (χ2n) is 2.55. The number of hydrogen-bond acceptors (Lipinski definition) is 3. The number of carbonyl (C=O) groups is 1. The first-order valence-electron chi connectivity index (χ1n) is 3.68. The predicted octanol–water partition coefficient (Wildman–Crippen LogP) is 2.15. The van der Waals surface area contributed by atoms with Crippen molar-refractivity contribution in [3.05, 3.63) is 22.9 Å². The highest BCUT2D eigenvalue weighted by molar-refractivity contribution is 6.17. The molecule has 1 aromatic heterocycles. The van der Waals surface area contributed by atoms with Crippen LogP contribution in [-0.4, -0.2) is 11.3 Å². The summed E-state index contributed by atoms with van der Waals surface area (Å²) in [6.07, 6.45) is -2.35. The zero-order valence-electron chi connectivity index (χ0n) is 7.01. The average Bonchev–Trinajstić information content (AvgIpc) is 2.16. The molecule has 76 valence electrons. The summed E-state index contributed by atoms with van der Waals surface area (Å²) >= 11 is 5.44. The van der Waals surface area contributed by atoms with E-state index in [1.54, 1.807) is 0 Å². The lowest BCUT2D eigenvalue weighted by atomic mass is 10.1. The van der Waals surface area contributed by atoms with Crippen molar-refractivity contribution in [2.75, 3.05) is 5.73 Å². The Labute approximate surface area is 83.9 Å². The number of nitrogen functional groups attached to an aromatic ring is 1. The van der Waals surface area contributed by atoms with Crippen LogP contribution in [0.2, 0.25) is 0 Å². The SMILES string of the molecule is Nc1cc(C(F)F)c(CCl)c(C=O)n1. The van der Waals surface area contributed by atoms with Crippen LogP contribution < -0.4 is 5.73 Å². The van der Waals surface area contributed by atoms with E-state index in [0.29, 0.717) is 6.29 Å². The molecule has 3 nitrogen and oxygen atoms in total. The van der Waals surface area contributed by atoms with Crippen LogP contribution >= 0.6 is 11.6 Å². The molecule has 0 aliphatic heterocycles. The van der Waals surface area contributed by atoms with Gasteiger partial charge >= 0.3 is 0 Å². The van der Waals surface area contributed by atoms with E-state index in [-0.39, 0.29) is 28.5 Å². The van der Waals surface area contributed by atoms with Gasteiger partial charge in [0.25, 0.3) is 6.43 Å². The molecule has 0 fully saturated rings. The molecule has 2 N–H and O–H groups in total. The third kappa shape index (κ3) is 1.98. The Bertz CT molecular complexity index is 357. The Morgan fingerprint density at radius 3 is 2.71 bits per heavy atom. The highest BCUT2D eigenvalue weighted by Crippen LogP contribution is 2.27. The van der Waals surface area contributed by atoms with Crippen LogP contribution in [0, 0.1) is 0 Å². The number of halogens is 3. The Balaban J connectivity index is 3.39. The summed E-state index contributed by atoms with van der Waals surface area (Å²) in [5, 5.41) is 0. The van der Waals surface area contributed by atoms with Gasteiger partial charge in [-0.2, -0.15) is 0 Å². The Morgan fingerprint density at radius 1 is 1.64 bits per heavy atom. The normalized spacial score (nSPS) is 10.6. The highest BCUT2D eigenvalue weighted by Gasteiger charge is 2.17. The third-order valence-electron chi connectivity index (χ3n) is 1.69. The van der Waals surface area contributed by atoms with Gasteiger partial charge in [0.05, 0.1) is 5.88 Å². The zero-order valence-corrected chi connectivity index (χ0v) is 7.76. The summed E-state index contributed by atoms with van der Waals surface area (Å²) in [5.41, 5.74) is 4.82. The van der Waals surface area contributed by atoms with Gasteiger partial charge in [-0.1, -0.05) is 0 Å². The van der Waals surface area contributed by atoms with E-state index in [1.807, 2.05) is 0 Å². The van der Waals surface area contributed by atoms with Crippen LogP contribution in [0.5, 0.6) is 0 Å². The molecule has 1 heterocycles. The van der Waals surface area contributed by atoms with Gasteiger partial charge in [-0.15, -0.1) is 11.6 Å². The highest BCUT2D eigenvalue weighted by atomic mass is 35.5. The van der Waals surface area contributed by atoms with Crippen LogP contribution in [0.1, 0.15) is 28.0 Å². The summed E-state index contributed by atoms with van der Waals surface area (Å²) in [6, 6.07) is 1.02. The van der Waals surface area contributed by atoms with Crippen molar-refractivity contribution < 1.29 is 13.6 Å². The summed E-state index contributed by atoms with van der Waals surface area (Å²) in [5.74, 6) is -0.308. The van der Waals surface area contributed by atoms with Crippen LogP contribution in [0.3, 0.4) is 0 Å². The monoisotopic (exact) mass is 220 g/mol. The Hall–Kier alpha value is -1.23. The molecular formula is C8H7ClF2N2O. The lowest BCUT2D eigenvalue weighted by Gasteiger charge is -2.08. The third-order valence-corrected chi connectivity index (χ3v) is 1.96. The molecule has 0 atom stereocenters. The molecular weight excluding hydrogens is 214 g/mol. The molecule has 0 saturated carbocycles. The second-order valence-corrected chi connectivity index (χ2v) is 2.82. The fourth-order valence-electron chi connectivity index (χ4n) is 1.07. The fourth-order valence-corrected chi connectivity index (χ4v) is 1.36. The quantitative estimate of drug-likeness (QED) is 0.627. The number of nitrogens with two attached hydrogens (primary N) is 1. The first kappa shape index (κ1) is 10.8. The number of aldehydes is 1. The largest absolute Gasteiger partial charge is 0.384 e. The molecule has 6 heteroatoms. The number of aromatic nitrogens is 1. The number of pyridine rings is 1. The molecule has 1 rings (SSSR count). The van der Waals surface area contributed by atoms with Gasteiger partial charge < -0.3 is 5.73 Å². The molecule has 14 heavy (non-hydrogen) atoms. The van der Waals surface area contributed by atoms with Crippen molar-refractivity contribution in [1.29, 1.82) is 0 Å². The van der Waals surface area contributed by atoms with Gasteiger partial charge in [0, 0.05) is 11.1 Å². The van der Waals surface area contributed by atoms with Gasteiger partial charge in [0.1, 0.15) is 11.5 Å². The van der Waals surface area contributed by atoms with Crippen molar-refractivity contribution >= 4 is 23.7 Å². The van der Waals surface area contributed by atoms with E-state index in [2.05, 4.69) is 4.98 Å². The fraction of sp³-hybridized carbons (Fsp3) is 0.250. The van der Waals surface area contributed by atoms with Crippen molar-refractivity contribution in [2.24, 2.45) is 0 Å². The molecule has 0 aliphatic rings. The number of alkyl halides is 3. The minimum atomic E-state index is -2.72. The van der Waals surface area contributed by atoms with Crippen molar-refractivity contribution in [2.45, 2.75) is 12.3 Å². The maximum atomic E-state index is 12.5. The first-order valence-corrected chi connectivity index (χ1v) is 4.22. The summed E-state index contributed by atoms with van der Waals surface area (Å²) in [6.45, 7) is 0. The Morgan fingerprint density at radius 2 is 2.29 bits per heavy atom. The number of hydrogen-bond donors (Lipinski definition) is 1. The van der Waals surface area contributed by atoms with Gasteiger partial charge in [0.15, 0.2) is 6.29 Å². The Kier molecular flexibility index (Phi) is 3.35. The molecule has 0 amide bonds. The van der Waals surface area contributed by atoms with E-state index >= 15 is 0 Å². The van der Waals surface area contributed by atoms with E-state index in [1.165, 1.54) is 0 Å². The van der Waals surface area contributed by atoms with Crippen LogP contribution in [0.25, 0.3) is 0 Å². The average molecular weight is 221 g/mol. The number of carbonyl (C=O) groups excluding carboxylic acids is 1. The van der Waals surface area contributed by atoms with Crippen LogP contribution in [0.15, 0.2) is 6.07 Å². The predicted molar refractivity (Wildman–Crippen MR) is 48.6 cm³/mol. The summed E-state index contributed by atoms with van der Waals surface area (Å²) < 4.78 is 24.9. The van der Waals surface area contributed by atoms with Gasteiger partial charge in [0.2, 0.25) is 0 Å². The minimum Gasteiger partial charge on any atom is -0.384 e. The molecule has 0 radical (unpaired) electrons. The molecule has 0 bridgehead atoms.